The summed E-state index contributed by atoms with van der Waals surface area (Å²) in [6.45, 7) is 9.11. The molecule has 0 aromatic carbocycles. The van der Waals surface area contributed by atoms with Gasteiger partial charge in [0.25, 0.3) is 0 Å². The summed E-state index contributed by atoms with van der Waals surface area (Å²) < 4.78 is 0. The maximum absolute atomic E-state index is 2.68. The van der Waals surface area contributed by atoms with Crippen molar-refractivity contribution >= 4 is 0 Å². The first kappa shape index (κ1) is 11.4. The molecule has 15 heavy (non-hydrogen) atoms. The van der Waals surface area contributed by atoms with Crippen molar-refractivity contribution in [3.63, 3.8) is 0 Å². The van der Waals surface area contributed by atoms with Crippen LogP contribution in [0, 0.1) is 11.8 Å². The molecule has 2 saturated heterocycles. The average Bonchev–Trinajstić information content (AvgIpc) is 2.64. The van der Waals surface area contributed by atoms with Gasteiger partial charge >= 0.3 is 0 Å². The first-order valence-corrected chi connectivity index (χ1v) is 6.65. The van der Waals surface area contributed by atoms with Crippen LogP contribution in [0.1, 0.15) is 32.6 Å². The zero-order chi connectivity index (χ0) is 10.7. The summed E-state index contributed by atoms with van der Waals surface area (Å²) >= 11 is 0. The molecule has 2 nitrogen and oxygen atoms in total. The number of piperidine rings is 1. The summed E-state index contributed by atoms with van der Waals surface area (Å²) in [6.07, 6.45) is 5.70. The number of rotatable bonds is 3. The second kappa shape index (κ2) is 5.31. The second-order valence-corrected chi connectivity index (χ2v) is 5.73. The Morgan fingerprint density at radius 1 is 1.07 bits per heavy atom. The average molecular weight is 210 g/mol. The van der Waals surface area contributed by atoms with Gasteiger partial charge in [0, 0.05) is 6.54 Å². The summed E-state index contributed by atoms with van der Waals surface area (Å²) in [7, 11) is 2.25. The zero-order valence-electron chi connectivity index (χ0n) is 10.4. The Morgan fingerprint density at radius 2 is 1.80 bits per heavy atom. The van der Waals surface area contributed by atoms with Gasteiger partial charge in [-0.25, -0.2) is 0 Å². The van der Waals surface area contributed by atoms with Gasteiger partial charge in [0.15, 0.2) is 0 Å². The van der Waals surface area contributed by atoms with E-state index in [2.05, 4.69) is 23.8 Å². The summed E-state index contributed by atoms with van der Waals surface area (Å²) in [5.41, 5.74) is 0. The Bertz CT molecular complexity index is 185. The number of hydrogen-bond acceptors (Lipinski definition) is 2. The third-order valence-electron chi connectivity index (χ3n) is 4.22. The van der Waals surface area contributed by atoms with Gasteiger partial charge in [-0.2, -0.15) is 0 Å². The van der Waals surface area contributed by atoms with Crippen molar-refractivity contribution in [3.05, 3.63) is 0 Å². The lowest BCUT2D eigenvalue weighted by Gasteiger charge is -2.30. The summed E-state index contributed by atoms with van der Waals surface area (Å²) in [5.74, 6) is 1.95. The maximum atomic E-state index is 2.68. The van der Waals surface area contributed by atoms with E-state index in [1.807, 2.05) is 0 Å². The molecule has 0 aliphatic carbocycles. The van der Waals surface area contributed by atoms with Gasteiger partial charge in [-0.1, -0.05) is 6.92 Å². The summed E-state index contributed by atoms with van der Waals surface area (Å²) in [6, 6.07) is 0. The maximum Gasteiger partial charge on any atom is 0.000756 e. The Hall–Kier alpha value is -0.0800. The molecule has 0 unspecified atom stereocenters. The number of nitrogens with zero attached hydrogens (tertiary/aromatic N) is 2. The Labute approximate surface area is 94.6 Å². The van der Waals surface area contributed by atoms with Gasteiger partial charge in [-0.15, -0.1) is 0 Å². The Kier molecular flexibility index (Phi) is 4.04. The van der Waals surface area contributed by atoms with Crippen LogP contribution in [0.3, 0.4) is 0 Å². The van der Waals surface area contributed by atoms with E-state index in [1.54, 1.807) is 0 Å². The molecule has 2 fully saturated rings. The molecule has 88 valence electrons. The van der Waals surface area contributed by atoms with Crippen LogP contribution in [0.2, 0.25) is 0 Å². The molecule has 0 radical (unpaired) electrons. The molecule has 2 heterocycles. The first-order valence-electron chi connectivity index (χ1n) is 6.65. The monoisotopic (exact) mass is 210 g/mol. The highest BCUT2D eigenvalue weighted by molar-refractivity contribution is 4.76. The molecule has 2 aliphatic heterocycles. The second-order valence-electron chi connectivity index (χ2n) is 5.73. The van der Waals surface area contributed by atoms with Gasteiger partial charge in [-0.3, -0.25) is 0 Å². The highest BCUT2D eigenvalue weighted by atomic mass is 15.1. The molecular formula is C13H26N2. The Balaban J connectivity index is 1.61. The van der Waals surface area contributed by atoms with Gasteiger partial charge in [0.05, 0.1) is 0 Å². The van der Waals surface area contributed by atoms with E-state index in [0.29, 0.717) is 0 Å². The molecule has 0 saturated carbocycles. The minimum absolute atomic E-state index is 0.971. The largest absolute Gasteiger partial charge is 0.306 e. The van der Waals surface area contributed by atoms with Crippen LogP contribution in [0.25, 0.3) is 0 Å². The smallest absolute Gasteiger partial charge is 0.000756 e. The van der Waals surface area contributed by atoms with Crippen LogP contribution >= 0.6 is 0 Å². The highest BCUT2D eigenvalue weighted by Gasteiger charge is 2.21. The van der Waals surface area contributed by atoms with Gasteiger partial charge in [0.1, 0.15) is 0 Å². The standard InChI is InChI=1S/C13H26N2/c1-12-3-8-15(9-4-12)10-6-13-5-7-14(2)11-13/h12-13H,3-11H2,1-2H3/t13-/m0/s1. The molecular weight excluding hydrogens is 184 g/mol. The fourth-order valence-electron chi connectivity index (χ4n) is 2.91. The predicted molar refractivity (Wildman–Crippen MR) is 65.1 cm³/mol. The van der Waals surface area contributed by atoms with E-state index >= 15 is 0 Å². The van der Waals surface area contributed by atoms with E-state index in [4.69, 9.17) is 0 Å². The van der Waals surface area contributed by atoms with Crippen LogP contribution in [0.5, 0.6) is 0 Å². The molecule has 0 aromatic rings. The number of likely N-dealkylation sites (tertiary alicyclic amines) is 2. The first-order chi connectivity index (χ1) is 7.24. The lowest BCUT2D eigenvalue weighted by molar-refractivity contribution is 0.181. The van der Waals surface area contributed by atoms with Crippen LogP contribution in [0.15, 0.2) is 0 Å². The van der Waals surface area contributed by atoms with E-state index in [-0.39, 0.29) is 0 Å². The van der Waals surface area contributed by atoms with E-state index in [0.717, 1.165) is 11.8 Å². The van der Waals surface area contributed by atoms with Crippen molar-refractivity contribution in [1.29, 1.82) is 0 Å². The lowest BCUT2D eigenvalue weighted by atomic mass is 9.98. The predicted octanol–water partition coefficient (Wildman–Crippen LogP) is 2.06. The minimum atomic E-state index is 0.971. The molecule has 1 atom stereocenters. The normalized spacial score (nSPS) is 31.2. The topological polar surface area (TPSA) is 6.48 Å². The van der Waals surface area contributed by atoms with E-state index < -0.39 is 0 Å². The SMILES string of the molecule is CC1CCN(CC[C@@H]2CCN(C)C2)CC1. The van der Waals surface area contributed by atoms with Crippen molar-refractivity contribution in [3.8, 4) is 0 Å². The van der Waals surface area contributed by atoms with Crippen molar-refractivity contribution in [2.24, 2.45) is 11.8 Å². The zero-order valence-corrected chi connectivity index (χ0v) is 10.4. The molecule has 0 amide bonds. The molecule has 2 aliphatic rings. The molecule has 0 spiro atoms. The molecule has 2 rings (SSSR count). The molecule has 0 N–H and O–H groups in total. The molecule has 0 aromatic heterocycles. The minimum Gasteiger partial charge on any atom is -0.306 e. The van der Waals surface area contributed by atoms with Crippen molar-refractivity contribution in [2.75, 3.05) is 39.8 Å². The van der Waals surface area contributed by atoms with E-state index in [9.17, 15) is 0 Å². The van der Waals surface area contributed by atoms with Gasteiger partial charge < -0.3 is 9.80 Å². The van der Waals surface area contributed by atoms with Gasteiger partial charge in [0.2, 0.25) is 0 Å². The van der Waals surface area contributed by atoms with Crippen LogP contribution in [-0.4, -0.2) is 49.6 Å². The fourth-order valence-corrected chi connectivity index (χ4v) is 2.91. The third kappa shape index (κ3) is 3.46. The van der Waals surface area contributed by atoms with Gasteiger partial charge in [-0.05, 0) is 70.7 Å². The van der Waals surface area contributed by atoms with Crippen LogP contribution in [-0.2, 0) is 0 Å². The number of hydrogen-bond donors (Lipinski definition) is 0. The quantitative estimate of drug-likeness (QED) is 0.703. The fraction of sp³-hybridized carbons (Fsp3) is 1.00. The molecule has 0 bridgehead atoms. The third-order valence-corrected chi connectivity index (χ3v) is 4.22. The van der Waals surface area contributed by atoms with Crippen molar-refractivity contribution in [2.45, 2.75) is 32.6 Å². The van der Waals surface area contributed by atoms with E-state index in [1.165, 1.54) is 58.4 Å². The van der Waals surface area contributed by atoms with Crippen LogP contribution < -0.4 is 0 Å². The summed E-state index contributed by atoms with van der Waals surface area (Å²) in [5, 5.41) is 0. The molecule has 2 heteroatoms. The highest BCUT2D eigenvalue weighted by Crippen LogP contribution is 2.21. The van der Waals surface area contributed by atoms with Crippen LogP contribution in [0.4, 0.5) is 0 Å². The lowest BCUT2D eigenvalue weighted by Crippen LogP contribution is -2.34. The van der Waals surface area contributed by atoms with Crippen molar-refractivity contribution in [1.82, 2.24) is 9.80 Å². The summed E-state index contributed by atoms with van der Waals surface area (Å²) in [4.78, 5) is 5.15. The Morgan fingerprint density at radius 3 is 2.40 bits per heavy atom. The van der Waals surface area contributed by atoms with Crippen molar-refractivity contribution < 1.29 is 0 Å².